The fraction of sp³-hybridized carbons (Fsp3) is 0. The SMILES string of the molecule is [Na+].[O]=[Ge]([O-])[OH].[O]=[Ge]([OH])[OH]. The summed E-state index contributed by atoms with van der Waals surface area (Å²) in [5.74, 6) is 0. The van der Waals surface area contributed by atoms with Gasteiger partial charge in [0.15, 0.2) is 0 Å². The van der Waals surface area contributed by atoms with E-state index in [1.165, 1.54) is 0 Å². The Morgan fingerprint density at radius 3 is 1.11 bits per heavy atom. The predicted molar refractivity (Wildman–Crippen MR) is 19.5 cm³/mol. The van der Waals surface area contributed by atoms with E-state index in [0.29, 0.717) is 0 Å². The Morgan fingerprint density at radius 2 is 1.11 bits per heavy atom. The standard InChI is InChI=1S/GeH2O3.GeHO3.Na/c2*2-1(3)4;/h2-3H;2H;/q;-1;+1. The van der Waals surface area contributed by atoms with Crippen LogP contribution in [0, 0.1) is 0 Å². The Bertz CT molecular complexity index is 69.1. The first kappa shape index (κ1) is 16.5. The van der Waals surface area contributed by atoms with Crippen LogP contribution in [0.1, 0.15) is 0 Å². The van der Waals surface area contributed by atoms with Gasteiger partial charge in [0.25, 0.3) is 0 Å². The molecule has 0 rings (SSSR count). The first-order chi connectivity index (χ1) is 3.46. The second-order valence-corrected chi connectivity index (χ2v) is 2.85. The zero-order valence-electron chi connectivity index (χ0n) is 4.57. The van der Waals surface area contributed by atoms with Crippen molar-refractivity contribution in [2.75, 3.05) is 0 Å². The van der Waals surface area contributed by atoms with Crippen LogP contribution in [0.25, 0.3) is 0 Å². The Balaban J connectivity index is -0.0000000720. The maximum absolute atomic E-state index is 8.81. The third kappa shape index (κ3) is 537. The molecular formula is H3Ge2NaO6. The third-order valence-electron chi connectivity index (χ3n) is 0. The van der Waals surface area contributed by atoms with E-state index in [1.807, 2.05) is 0 Å². The van der Waals surface area contributed by atoms with E-state index in [1.54, 1.807) is 0 Å². The Labute approximate surface area is 82.8 Å². The molecule has 0 atom stereocenters. The van der Waals surface area contributed by atoms with Gasteiger partial charge in [-0.1, -0.05) is 0 Å². The topological polar surface area (TPSA) is 118 Å². The molecule has 0 saturated carbocycles. The van der Waals surface area contributed by atoms with Crippen LogP contribution in [0.2, 0.25) is 0 Å². The van der Waals surface area contributed by atoms with E-state index in [9.17, 15) is 0 Å². The summed E-state index contributed by atoms with van der Waals surface area (Å²) in [6, 6.07) is 0. The Hall–Kier alpha value is 0.886. The van der Waals surface area contributed by atoms with Crippen LogP contribution in [0.5, 0.6) is 0 Å². The van der Waals surface area contributed by atoms with Crippen LogP contribution in [-0.2, 0) is 7.56 Å². The molecule has 0 amide bonds. The minimum absolute atomic E-state index is 0. The molecule has 0 fully saturated rings. The van der Waals surface area contributed by atoms with E-state index in [4.69, 9.17) is 24.1 Å². The molecule has 6 nitrogen and oxygen atoms in total. The van der Waals surface area contributed by atoms with Gasteiger partial charge in [0.2, 0.25) is 0 Å². The quantitative estimate of drug-likeness (QED) is 0.375. The molecule has 0 aromatic rings. The number of hydrogen-bond acceptors (Lipinski definition) is 3. The monoisotopic (exact) mass is 270 g/mol. The van der Waals surface area contributed by atoms with Crippen molar-refractivity contribution < 1.29 is 53.6 Å². The summed E-state index contributed by atoms with van der Waals surface area (Å²) < 4.78 is 47.8. The summed E-state index contributed by atoms with van der Waals surface area (Å²) in [6.07, 6.45) is 0. The average Bonchev–Trinajstić information content (AvgIpc) is 1.25. The van der Waals surface area contributed by atoms with Crippen molar-refractivity contribution in [1.29, 1.82) is 0 Å². The fourth-order valence-corrected chi connectivity index (χ4v) is 0. The van der Waals surface area contributed by atoms with Gasteiger partial charge in [0.1, 0.15) is 0 Å². The van der Waals surface area contributed by atoms with Crippen molar-refractivity contribution in [1.82, 2.24) is 0 Å². The molecule has 0 radical (unpaired) electrons. The second kappa shape index (κ2) is 11.7. The molecule has 0 aliphatic rings. The summed E-state index contributed by atoms with van der Waals surface area (Å²) >= 11 is -7.42. The van der Waals surface area contributed by atoms with Gasteiger partial charge in [0, 0.05) is 0 Å². The van der Waals surface area contributed by atoms with Crippen LogP contribution >= 0.6 is 0 Å². The molecule has 0 unspecified atom stereocenters. The molecule has 0 aromatic heterocycles. The Kier molecular flexibility index (Phi) is 21.3. The predicted octanol–water partition coefficient (Wildman–Crippen LogP) is -6.86. The minimum atomic E-state index is -3.83. The first-order valence-corrected chi connectivity index (χ1v) is 6.67. The number of rotatable bonds is 0. The number of hydrogen-bond donors (Lipinski definition) is 3. The molecule has 0 aliphatic heterocycles. The van der Waals surface area contributed by atoms with Crippen molar-refractivity contribution in [3.8, 4) is 0 Å². The second-order valence-electron chi connectivity index (χ2n) is 0.548. The van der Waals surface area contributed by atoms with Gasteiger partial charge in [-0.3, -0.25) is 0 Å². The van der Waals surface area contributed by atoms with E-state index in [-0.39, 0.29) is 29.6 Å². The molecule has 0 aromatic carbocycles. The van der Waals surface area contributed by atoms with Gasteiger partial charge < -0.3 is 0 Å². The molecule has 48 valence electrons. The van der Waals surface area contributed by atoms with Crippen LogP contribution in [0.3, 0.4) is 0 Å². The van der Waals surface area contributed by atoms with Crippen molar-refractivity contribution in [3.63, 3.8) is 0 Å². The summed E-state index contributed by atoms with van der Waals surface area (Å²) in [4.78, 5) is 0. The van der Waals surface area contributed by atoms with E-state index in [2.05, 4.69) is 0 Å². The van der Waals surface area contributed by atoms with Gasteiger partial charge in [-0.25, -0.2) is 0 Å². The molecule has 0 spiro atoms. The Morgan fingerprint density at radius 1 is 1.11 bits per heavy atom. The summed E-state index contributed by atoms with van der Waals surface area (Å²) in [6.45, 7) is 0. The third-order valence-corrected chi connectivity index (χ3v) is 0. The summed E-state index contributed by atoms with van der Waals surface area (Å²) in [5.41, 5.74) is 0. The first-order valence-electron chi connectivity index (χ1n) is 1.28. The van der Waals surface area contributed by atoms with Crippen LogP contribution in [0.15, 0.2) is 0 Å². The van der Waals surface area contributed by atoms with Crippen molar-refractivity contribution in [3.05, 3.63) is 0 Å². The van der Waals surface area contributed by atoms with Crippen molar-refractivity contribution in [2.45, 2.75) is 0 Å². The molecule has 3 N–H and O–H groups in total. The van der Waals surface area contributed by atoms with Crippen LogP contribution in [0.4, 0.5) is 0 Å². The summed E-state index contributed by atoms with van der Waals surface area (Å²) in [5, 5.41) is 0. The molecule has 0 bridgehead atoms. The van der Waals surface area contributed by atoms with Crippen LogP contribution in [-0.4, -0.2) is 42.3 Å². The molecule has 0 saturated heterocycles. The van der Waals surface area contributed by atoms with Gasteiger partial charge >= 0.3 is 83.6 Å². The van der Waals surface area contributed by atoms with Gasteiger partial charge in [-0.05, 0) is 0 Å². The molecule has 9 heteroatoms. The van der Waals surface area contributed by atoms with Crippen molar-refractivity contribution >= 4 is 29.9 Å². The molecular weight excluding hydrogens is 264 g/mol. The van der Waals surface area contributed by atoms with Gasteiger partial charge in [0.05, 0.1) is 0 Å². The molecule has 0 aliphatic carbocycles. The van der Waals surface area contributed by atoms with E-state index < -0.39 is 29.9 Å². The summed E-state index contributed by atoms with van der Waals surface area (Å²) in [7, 11) is 0. The molecule has 9 heavy (non-hydrogen) atoms. The van der Waals surface area contributed by atoms with Gasteiger partial charge in [-0.15, -0.1) is 0 Å². The normalized spacial score (nSPS) is 5.33. The maximum atomic E-state index is 8.81. The van der Waals surface area contributed by atoms with E-state index in [0.717, 1.165) is 0 Å². The zero-order valence-corrected chi connectivity index (χ0v) is 10.8. The zero-order chi connectivity index (χ0) is 7.15. The van der Waals surface area contributed by atoms with Crippen LogP contribution < -0.4 is 33.7 Å². The molecule has 0 heterocycles. The van der Waals surface area contributed by atoms with E-state index >= 15 is 0 Å². The van der Waals surface area contributed by atoms with Gasteiger partial charge in [-0.2, -0.15) is 0 Å². The fourth-order valence-electron chi connectivity index (χ4n) is 0. The van der Waals surface area contributed by atoms with Crippen molar-refractivity contribution in [2.24, 2.45) is 0 Å². The average molecular weight is 267 g/mol.